The van der Waals surface area contributed by atoms with Crippen molar-refractivity contribution in [2.45, 2.75) is 13.3 Å². The molecule has 0 aliphatic rings. The van der Waals surface area contributed by atoms with Crippen molar-refractivity contribution in [2.75, 3.05) is 7.11 Å². The third-order valence-electron chi connectivity index (χ3n) is 4.73. The predicted octanol–water partition coefficient (Wildman–Crippen LogP) is 6.52. The Hall–Kier alpha value is -3.26. The first-order valence-electron chi connectivity index (χ1n) is 9.11. The summed E-state index contributed by atoms with van der Waals surface area (Å²) in [5.41, 5.74) is 5.76. The number of rotatable bonds is 5. The van der Waals surface area contributed by atoms with Gasteiger partial charge in [-0.05, 0) is 36.2 Å². The minimum Gasteiger partial charge on any atom is -0.497 e. The summed E-state index contributed by atoms with van der Waals surface area (Å²) in [5, 5.41) is 0. The fourth-order valence-corrected chi connectivity index (χ4v) is 3.24. The van der Waals surface area contributed by atoms with Crippen molar-refractivity contribution in [2.24, 2.45) is 0 Å². The van der Waals surface area contributed by atoms with E-state index in [1.165, 1.54) is 11.1 Å². The third kappa shape index (κ3) is 3.80. The molecule has 0 saturated heterocycles. The lowest BCUT2D eigenvalue weighted by atomic mass is 10.0. The molecule has 0 saturated carbocycles. The number of furan rings is 1. The molecule has 1 heterocycles. The van der Waals surface area contributed by atoms with Crippen LogP contribution in [0.1, 0.15) is 16.9 Å². The van der Waals surface area contributed by atoms with Gasteiger partial charge in [-0.1, -0.05) is 72.3 Å². The Balaban J connectivity index is 1.80. The SMILES string of the molecule is COc1cccc(-c2cc(-c3ccc(C)cc3)oc2Cc2ccccc2)c1. The molecule has 4 aromatic rings. The van der Waals surface area contributed by atoms with E-state index in [1.54, 1.807) is 7.11 Å². The van der Waals surface area contributed by atoms with Gasteiger partial charge in [0.25, 0.3) is 0 Å². The number of hydrogen-bond donors (Lipinski definition) is 0. The number of ether oxygens (including phenoxy) is 1. The molecule has 0 atom stereocenters. The summed E-state index contributed by atoms with van der Waals surface area (Å²) in [7, 11) is 1.69. The van der Waals surface area contributed by atoms with Gasteiger partial charge in [0.2, 0.25) is 0 Å². The van der Waals surface area contributed by atoms with Gasteiger partial charge in [-0.15, -0.1) is 0 Å². The third-order valence-corrected chi connectivity index (χ3v) is 4.73. The van der Waals surface area contributed by atoms with Gasteiger partial charge >= 0.3 is 0 Å². The minimum atomic E-state index is 0.749. The second-order valence-electron chi connectivity index (χ2n) is 6.71. The number of methoxy groups -OCH3 is 1. The van der Waals surface area contributed by atoms with Gasteiger partial charge in [-0.3, -0.25) is 0 Å². The molecule has 134 valence electrons. The summed E-state index contributed by atoms with van der Waals surface area (Å²) in [6.45, 7) is 2.09. The summed E-state index contributed by atoms with van der Waals surface area (Å²) in [4.78, 5) is 0. The molecule has 0 unspecified atom stereocenters. The van der Waals surface area contributed by atoms with Crippen molar-refractivity contribution in [3.05, 3.63) is 102 Å². The molecule has 0 aliphatic heterocycles. The highest BCUT2D eigenvalue weighted by atomic mass is 16.5. The summed E-state index contributed by atoms with van der Waals surface area (Å²) in [5.74, 6) is 2.69. The lowest BCUT2D eigenvalue weighted by Crippen LogP contribution is -1.89. The van der Waals surface area contributed by atoms with Crippen molar-refractivity contribution in [1.29, 1.82) is 0 Å². The zero-order chi connectivity index (χ0) is 18.6. The van der Waals surface area contributed by atoms with Crippen molar-refractivity contribution in [1.82, 2.24) is 0 Å². The Kier molecular flexibility index (Phi) is 4.80. The second-order valence-corrected chi connectivity index (χ2v) is 6.71. The highest BCUT2D eigenvalue weighted by Gasteiger charge is 2.15. The van der Waals surface area contributed by atoms with Gasteiger partial charge in [0.05, 0.1) is 7.11 Å². The summed E-state index contributed by atoms with van der Waals surface area (Å²) in [6, 6.07) is 29.1. The number of aryl methyl sites for hydroxylation is 1. The van der Waals surface area contributed by atoms with E-state index < -0.39 is 0 Å². The van der Waals surface area contributed by atoms with E-state index in [2.05, 4.69) is 73.7 Å². The number of benzene rings is 3. The van der Waals surface area contributed by atoms with Crippen LogP contribution >= 0.6 is 0 Å². The van der Waals surface area contributed by atoms with Crippen LogP contribution in [0.2, 0.25) is 0 Å². The quantitative estimate of drug-likeness (QED) is 0.407. The van der Waals surface area contributed by atoms with Crippen LogP contribution in [-0.2, 0) is 6.42 Å². The molecular formula is C25H22O2. The highest BCUT2D eigenvalue weighted by Crippen LogP contribution is 2.35. The van der Waals surface area contributed by atoms with E-state index in [4.69, 9.17) is 9.15 Å². The van der Waals surface area contributed by atoms with E-state index in [-0.39, 0.29) is 0 Å². The summed E-state index contributed by atoms with van der Waals surface area (Å²) in [6.07, 6.45) is 0.749. The van der Waals surface area contributed by atoms with Crippen LogP contribution in [-0.4, -0.2) is 7.11 Å². The molecule has 0 spiro atoms. The molecule has 27 heavy (non-hydrogen) atoms. The predicted molar refractivity (Wildman–Crippen MR) is 110 cm³/mol. The molecule has 0 amide bonds. The van der Waals surface area contributed by atoms with Gasteiger partial charge in [-0.2, -0.15) is 0 Å². The van der Waals surface area contributed by atoms with E-state index in [0.717, 1.165) is 40.4 Å². The first kappa shape index (κ1) is 17.2. The average molecular weight is 354 g/mol. The molecule has 0 radical (unpaired) electrons. The van der Waals surface area contributed by atoms with Crippen LogP contribution < -0.4 is 4.74 Å². The molecule has 4 rings (SSSR count). The van der Waals surface area contributed by atoms with Gasteiger partial charge in [-0.25, -0.2) is 0 Å². The summed E-state index contributed by atoms with van der Waals surface area (Å²) >= 11 is 0. The fraction of sp³-hybridized carbons (Fsp3) is 0.120. The van der Waals surface area contributed by atoms with Crippen molar-refractivity contribution in [3.8, 4) is 28.2 Å². The minimum absolute atomic E-state index is 0.749. The molecular weight excluding hydrogens is 332 g/mol. The standard InChI is InChI=1S/C25H22O2/c1-18-11-13-20(14-12-18)24-17-23(21-9-6-10-22(16-21)26-2)25(27-24)15-19-7-4-3-5-8-19/h3-14,16-17H,15H2,1-2H3. The van der Waals surface area contributed by atoms with E-state index in [9.17, 15) is 0 Å². The Morgan fingerprint density at radius 3 is 2.30 bits per heavy atom. The van der Waals surface area contributed by atoms with Gasteiger partial charge in [0.1, 0.15) is 17.3 Å². The first-order valence-corrected chi connectivity index (χ1v) is 9.11. The maximum absolute atomic E-state index is 6.33. The Bertz CT molecular complexity index is 1030. The molecule has 3 aromatic carbocycles. The highest BCUT2D eigenvalue weighted by molar-refractivity contribution is 5.73. The van der Waals surface area contributed by atoms with E-state index in [0.29, 0.717) is 0 Å². The first-order chi connectivity index (χ1) is 13.2. The molecule has 2 heteroatoms. The van der Waals surface area contributed by atoms with Crippen molar-refractivity contribution < 1.29 is 9.15 Å². The normalized spacial score (nSPS) is 10.7. The van der Waals surface area contributed by atoms with Crippen LogP contribution in [0.4, 0.5) is 0 Å². The van der Waals surface area contributed by atoms with Gasteiger partial charge in [0.15, 0.2) is 0 Å². The maximum atomic E-state index is 6.33. The lowest BCUT2D eigenvalue weighted by Gasteiger charge is -2.05. The van der Waals surface area contributed by atoms with Crippen LogP contribution in [0, 0.1) is 6.92 Å². The smallest absolute Gasteiger partial charge is 0.134 e. The van der Waals surface area contributed by atoms with Crippen LogP contribution in [0.3, 0.4) is 0 Å². The van der Waals surface area contributed by atoms with Gasteiger partial charge in [0, 0.05) is 17.5 Å². The van der Waals surface area contributed by atoms with Crippen LogP contribution in [0.5, 0.6) is 5.75 Å². The average Bonchev–Trinajstić information content (AvgIpc) is 3.13. The molecule has 0 fully saturated rings. The van der Waals surface area contributed by atoms with Gasteiger partial charge < -0.3 is 9.15 Å². The van der Waals surface area contributed by atoms with Crippen molar-refractivity contribution in [3.63, 3.8) is 0 Å². The van der Waals surface area contributed by atoms with Crippen molar-refractivity contribution >= 4 is 0 Å². The zero-order valence-corrected chi connectivity index (χ0v) is 15.6. The Morgan fingerprint density at radius 1 is 0.778 bits per heavy atom. The van der Waals surface area contributed by atoms with Crippen LogP contribution in [0.15, 0.2) is 89.3 Å². The zero-order valence-electron chi connectivity index (χ0n) is 15.6. The molecule has 0 aliphatic carbocycles. The topological polar surface area (TPSA) is 22.4 Å². The Morgan fingerprint density at radius 2 is 1.56 bits per heavy atom. The fourth-order valence-electron chi connectivity index (χ4n) is 3.24. The molecule has 2 nitrogen and oxygen atoms in total. The van der Waals surface area contributed by atoms with E-state index >= 15 is 0 Å². The van der Waals surface area contributed by atoms with E-state index in [1.807, 2.05) is 18.2 Å². The molecule has 1 aromatic heterocycles. The molecule has 0 N–H and O–H groups in total. The van der Waals surface area contributed by atoms with Crippen LogP contribution in [0.25, 0.3) is 22.5 Å². The monoisotopic (exact) mass is 354 g/mol. The Labute approximate surface area is 160 Å². The molecule has 0 bridgehead atoms. The number of hydrogen-bond acceptors (Lipinski definition) is 2. The maximum Gasteiger partial charge on any atom is 0.134 e. The second kappa shape index (κ2) is 7.55. The lowest BCUT2D eigenvalue weighted by molar-refractivity contribution is 0.415. The largest absolute Gasteiger partial charge is 0.497 e. The summed E-state index contributed by atoms with van der Waals surface area (Å²) < 4.78 is 11.7.